The summed E-state index contributed by atoms with van der Waals surface area (Å²) in [4.78, 5) is 13.9. The molecule has 1 fully saturated rings. The predicted molar refractivity (Wildman–Crippen MR) is 76.8 cm³/mol. The normalized spacial score (nSPS) is 18.1. The van der Waals surface area contributed by atoms with Crippen LogP contribution in [0.1, 0.15) is 38.2 Å². The van der Waals surface area contributed by atoms with Crippen LogP contribution in [-0.4, -0.2) is 19.4 Å². The number of hydrogen-bond donors (Lipinski definition) is 0. The van der Waals surface area contributed by atoms with Gasteiger partial charge >= 0.3 is 0 Å². The minimum absolute atomic E-state index is 0.330. The van der Waals surface area contributed by atoms with Crippen molar-refractivity contribution in [3.05, 3.63) is 35.4 Å². The molecule has 0 atom stereocenters. The number of carbonyl (C=O) groups excluding carboxylic acids is 1. The number of hydrogen-bond acceptors (Lipinski definition) is 2. The van der Waals surface area contributed by atoms with Crippen molar-refractivity contribution in [1.29, 1.82) is 0 Å². The molecule has 2 heteroatoms. The van der Waals surface area contributed by atoms with E-state index in [1.54, 1.807) is 0 Å². The SMILES string of the molecule is CCN(C)c1ccc(/C=C2\CCCCC2=O)cc1. The Balaban J connectivity index is 2.14. The number of nitrogens with zero attached hydrogens (tertiary/aromatic N) is 1. The summed E-state index contributed by atoms with van der Waals surface area (Å²) in [6.07, 6.45) is 5.92. The Morgan fingerprint density at radius 3 is 2.44 bits per heavy atom. The van der Waals surface area contributed by atoms with Gasteiger partial charge in [-0.25, -0.2) is 0 Å². The fourth-order valence-corrected chi connectivity index (χ4v) is 2.26. The maximum atomic E-state index is 11.7. The van der Waals surface area contributed by atoms with Crippen molar-refractivity contribution < 1.29 is 4.79 Å². The minimum atomic E-state index is 0.330. The first-order chi connectivity index (χ1) is 8.70. The Bertz CT molecular complexity index is 445. The predicted octanol–water partition coefficient (Wildman–Crippen LogP) is 3.67. The van der Waals surface area contributed by atoms with Gasteiger partial charge in [0.05, 0.1) is 0 Å². The number of rotatable bonds is 3. The van der Waals surface area contributed by atoms with Crippen LogP contribution in [-0.2, 0) is 4.79 Å². The molecule has 1 saturated carbocycles. The maximum Gasteiger partial charge on any atom is 0.158 e. The molecular weight excluding hydrogens is 222 g/mol. The van der Waals surface area contributed by atoms with E-state index in [9.17, 15) is 4.79 Å². The largest absolute Gasteiger partial charge is 0.375 e. The smallest absolute Gasteiger partial charge is 0.158 e. The van der Waals surface area contributed by atoms with Crippen LogP contribution in [0.4, 0.5) is 5.69 Å². The van der Waals surface area contributed by atoms with Crippen molar-refractivity contribution in [2.24, 2.45) is 0 Å². The number of benzene rings is 1. The second kappa shape index (κ2) is 5.85. The lowest BCUT2D eigenvalue weighted by atomic mass is 9.92. The number of anilines is 1. The van der Waals surface area contributed by atoms with E-state index >= 15 is 0 Å². The molecule has 0 unspecified atom stereocenters. The molecule has 18 heavy (non-hydrogen) atoms. The molecule has 0 aliphatic heterocycles. The first-order valence-electron chi connectivity index (χ1n) is 6.75. The standard InChI is InChI=1S/C16H21NO/c1-3-17(2)15-10-8-13(9-11-15)12-14-6-4-5-7-16(14)18/h8-12H,3-7H2,1-2H3/b14-12+. The lowest BCUT2D eigenvalue weighted by Gasteiger charge is -2.17. The van der Waals surface area contributed by atoms with E-state index in [-0.39, 0.29) is 0 Å². The van der Waals surface area contributed by atoms with Gasteiger partial charge in [-0.05, 0) is 55.5 Å². The summed E-state index contributed by atoms with van der Waals surface area (Å²) < 4.78 is 0. The van der Waals surface area contributed by atoms with Gasteiger partial charge < -0.3 is 4.90 Å². The topological polar surface area (TPSA) is 20.3 Å². The van der Waals surface area contributed by atoms with E-state index < -0.39 is 0 Å². The van der Waals surface area contributed by atoms with Crippen LogP contribution in [0.25, 0.3) is 6.08 Å². The molecule has 1 aromatic carbocycles. The molecule has 0 N–H and O–H groups in total. The van der Waals surface area contributed by atoms with E-state index in [4.69, 9.17) is 0 Å². The highest BCUT2D eigenvalue weighted by Gasteiger charge is 2.14. The third kappa shape index (κ3) is 3.00. The van der Waals surface area contributed by atoms with Crippen LogP contribution < -0.4 is 4.90 Å². The monoisotopic (exact) mass is 243 g/mol. The van der Waals surface area contributed by atoms with Crippen LogP contribution >= 0.6 is 0 Å². The highest BCUT2D eigenvalue weighted by molar-refractivity contribution is 6.00. The number of carbonyl (C=O) groups is 1. The first kappa shape index (κ1) is 12.9. The summed E-state index contributed by atoms with van der Waals surface area (Å²) in [6.45, 7) is 3.13. The molecule has 2 rings (SSSR count). The highest BCUT2D eigenvalue weighted by atomic mass is 16.1. The summed E-state index contributed by atoms with van der Waals surface area (Å²) in [5.41, 5.74) is 3.35. The summed E-state index contributed by atoms with van der Waals surface area (Å²) in [5, 5.41) is 0. The van der Waals surface area contributed by atoms with E-state index in [2.05, 4.69) is 49.2 Å². The third-order valence-corrected chi connectivity index (χ3v) is 3.61. The van der Waals surface area contributed by atoms with Crippen molar-refractivity contribution in [2.75, 3.05) is 18.5 Å². The van der Waals surface area contributed by atoms with Crippen molar-refractivity contribution in [3.8, 4) is 0 Å². The second-order valence-electron chi connectivity index (χ2n) is 4.91. The zero-order valence-electron chi connectivity index (χ0n) is 11.3. The van der Waals surface area contributed by atoms with Crippen molar-refractivity contribution >= 4 is 17.5 Å². The maximum absolute atomic E-state index is 11.7. The minimum Gasteiger partial charge on any atom is -0.375 e. The summed E-state index contributed by atoms with van der Waals surface area (Å²) in [6, 6.07) is 8.42. The Morgan fingerprint density at radius 1 is 1.17 bits per heavy atom. The average molecular weight is 243 g/mol. The molecule has 1 aliphatic carbocycles. The van der Waals surface area contributed by atoms with Gasteiger partial charge in [0.25, 0.3) is 0 Å². The molecule has 1 aromatic rings. The molecule has 0 radical (unpaired) electrons. The van der Waals surface area contributed by atoms with Crippen LogP contribution in [0.5, 0.6) is 0 Å². The lowest BCUT2D eigenvalue weighted by molar-refractivity contribution is -0.116. The summed E-state index contributed by atoms with van der Waals surface area (Å²) in [7, 11) is 2.08. The Hall–Kier alpha value is -1.57. The van der Waals surface area contributed by atoms with Crippen LogP contribution in [0.3, 0.4) is 0 Å². The molecule has 0 bridgehead atoms. The van der Waals surface area contributed by atoms with Crippen molar-refractivity contribution in [3.63, 3.8) is 0 Å². The molecule has 0 spiro atoms. The van der Waals surface area contributed by atoms with E-state index in [0.29, 0.717) is 5.78 Å². The van der Waals surface area contributed by atoms with Crippen LogP contribution in [0, 0.1) is 0 Å². The van der Waals surface area contributed by atoms with Gasteiger partial charge in [0.1, 0.15) is 0 Å². The zero-order chi connectivity index (χ0) is 13.0. The summed E-state index contributed by atoms with van der Waals surface area (Å²) >= 11 is 0. The zero-order valence-corrected chi connectivity index (χ0v) is 11.3. The van der Waals surface area contributed by atoms with Crippen molar-refractivity contribution in [1.82, 2.24) is 0 Å². The van der Waals surface area contributed by atoms with Crippen LogP contribution in [0.15, 0.2) is 29.8 Å². The molecule has 2 nitrogen and oxygen atoms in total. The van der Waals surface area contributed by atoms with Crippen LogP contribution in [0.2, 0.25) is 0 Å². The molecule has 0 amide bonds. The van der Waals surface area contributed by atoms with Gasteiger partial charge in [-0.3, -0.25) is 4.79 Å². The number of ketones is 1. The summed E-state index contributed by atoms with van der Waals surface area (Å²) in [5.74, 6) is 0.330. The van der Waals surface area contributed by atoms with Gasteiger partial charge in [0, 0.05) is 25.7 Å². The van der Waals surface area contributed by atoms with E-state index in [1.807, 2.05) is 0 Å². The Kier molecular flexibility index (Phi) is 4.19. The molecule has 1 aliphatic rings. The third-order valence-electron chi connectivity index (χ3n) is 3.61. The van der Waals surface area contributed by atoms with Gasteiger partial charge in [-0.2, -0.15) is 0 Å². The lowest BCUT2D eigenvalue weighted by Crippen LogP contribution is -2.15. The average Bonchev–Trinajstić information content (AvgIpc) is 2.41. The fourth-order valence-electron chi connectivity index (χ4n) is 2.26. The fraction of sp³-hybridized carbons (Fsp3) is 0.438. The molecule has 0 heterocycles. The quantitative estimate of drug-likeness (QED) is 0.755. The van der Waals surface area contributed by atoms with Crippen molar-refractivity contribution in [2.45, 2.75) is 32.6 Å². The van der Waals surface area contributed by atoms with Gasteiger partial charge in [0.15, 0.2) is 5.78 Å². The molecule has 0 saturated heterocycles. The Labute approximate surface area is 109 Å². The first-order valence-corrected chi connectivity index (χ1v) is 6.75. The molecule has 96 valence electrons. The molecule has 0 aromatic heterocycles. The van der Waals surface area contributed by atoms with Gasteiger partial charge in [-0.1, -0.05) is 12.1 Å². The second-order valence-corrected chi connectivity index (χ2v) is 4.91. The molecular formula is C16H21NO. The van der Waals surface area contributed by atoms with E-state index in [0.717, 1.165) is 43.4 Å². The number of Topliss-reactive ketones (excluding diaryl/α,β-unsaturated/α-hetero) is 1. The van der Waals surface area contributed by atoms with Gasteiger partial charge in [-0.15, -0.1) is 0 Å². The highest BCUT2D eigenvalue weighted by Crippen LogP contribution is 2.23. The Morgan fingerprint density at radius 2 is 1.83 bits per heavy atom. The van der Waals surface area contributed by atoms with Gasteiger partial charge in [0.2, 0.25) is 0 Å². The number of allylic oxidation sites excluding steroid dienone is 1. The van der Waals surface area contributed by atoms with E-state index in [1.165, 1.54) is 5.69 Å².